The Hall–Kier alpha value is -4.59. The van der Waals surface area contributed by atoms with Gasteiger partial charge in [0.2, 0.25) is 0 Å². The number of aliphatic hydroxyl groups is 1. The fraction of sp³-hybridized carbons (Fsp3) is 0.281. The number of anilines is 1. The van der Waals surface area contributed by atoms with Gasteiger partial charge in [0.25, 0.3) is 11.7 Å². The molecule has 1 N–H and O–H groups in total. The highest BCUT2D eigenvalue weighted by molar-refractivity contribution is 6.51. The number of hydrogen-bond donors (Lipinski definition) is 1. The van der Waals surface area contributed by atoms with E-state index in [1.807, 2.05) is 0 Å². The third-order valence-corrected chi connectivity index (χ3v) is 6.79. The second-order valence-electron chi connectivity index (χ2n) is 9.45. The average Bonchev–Trinajstić information content (AvgIpc) is 3.25. The molecule has 0 aromatic heterocycles. The first-order valence-electron chi connectivity index (χ1n) is 13.2. The molecule has 40 heavy (non-hydrogen) atoms. The Bertz CT molecular complexity index is 1390. The summed E-state index contributed by atoms with van der Waals surface area (Å²) in [4.78, 5) is 39.9. The summed E-state index contributed by atoms with van der Waals surface area (Å²) in [6.45, 7) is 2.72. The fourth-order valence-electron chi connectivity index (χ4n) is 4.65. The van der Waals surface area contributed by atoms with Gasteiger partial charge >= 0.3 is 5.97 Å². The molecule has 208 valence electrons. The summed E-state index contributed by atoms with van der Waals surface area (Å²) in [7, 11) is 2.85. The molecule has 3 aromatic carbocycles. The monoisotopic (exact) mass is 543 g/mol. The Morgan fingerprint density at radius 1 is 0.925 bits per heavy atom. The van der Waals surface area contributed by atoms with Crippen LogP contribution in [0.15, 0.2) is 78.4 Å². The summed E-state index contributed by atoms with van der Waals surface area (Å²) in [5.74, 6) is -1.05. The van der Waals surface area contributed by atoms with Crippen molar-refractivity contribution >= 4 is 29.1 Å². The van der Waals surface area contributed by atoms with E-state index in [0.29, 0.717) is 40.5 Å². The number of benzene rings is 3. The van der Waals surface area contributed by atoms with Crippen LogP contribution in [0.3, 0.4) is 0 Å². The molecule has 0 saturated carbocycles. The van der Waals surface area contributed by atoms with Crippen molar-refractivity contribution < 1.29 is 33.7 Å². The molecule has 1 unspecified atom stereocenters. The Morgan fingerprint density at radius 2 is 1.65 bits per heavy atom. The number of methoxy groups -OCH3 is 2. The Kier molecular flexibility index (Phi) is 9.22. The molecule has 0 aliphatic carbocycles. The number of ketones is 1. The van der Waals surface area contributed by atoms with Crippen LogP contribution in [0.5, 0.6) is 11.5 Å². The lowest BCUT2D eigenvalue weighted by Crippen LogP contribution is -2.29. The molecule has 8 heteroatoms. The van der Waals surface area contributed by atoms with Crippen LogP contribution in [-0.2, 0) is 25.5 Å². The lowest BCUT2D eigenvalue weighted by Gasteiger charge is -2.26. The van der Waals surface area contributed by atoms with Crippen molar-refractivity contribution in [1.29, 1.82) is 0 Å². The van der Waals surface area contributed by atoms with Crippen molar-refractivity contribution in [2.24, 2.45) is 0 Å². The number of carbonyl (C=O) groups is 3. The molecule has 1 amide bonds. The molecular weight excluding hydrogens is 510 g/mol. The zero-order valence-corrected chi connectivity index (χ0v) is 22.9. The van der Waals surface area contributed by atoms with Gasteiger partial charge in [-0.2, -0.15) is 0 Å². The number of amides is 1. The van der Waals surface area contributed by atoms with E-state index in [-0.39, 0.29) is 23.7 Å². The topological polar surface area (TPSA) is 102 Å². The molecule has 1 atom stereocenters. The van der Waals surface area contributed by atoms with E-state index >= 15 is 0 Å². The third kappa shape index (κ3) is 6.17. The summed E-state index contributed by atoms with van der Waals surface area (Å²) in [6, 6.07) is 19.7. The Labute approximate surface area is 233 Å². The third-order valence-electron chi connectivity index (χ3n) is 6.79. The molecule has 0 radical (unpaired) electrons. The average molecular weight is 544 g/mol. The number of Topliss-reactive ketones (excluding diaryl/α,β-unsaturated/α-hetero) is 1. The maximum atomic E-state index is 13.4. The maximum Gasteiger partial charge on any atom is 0.309 e. The number of nitrogens with zero attached hydrogens (tertiary/aromatic N) is 1. The van der Waals surface area contributed by atoms with Crippen molar-refractivity contribution in [2.75, 3.05) is 25.7 Å². The predicted octanol–water partition coefficient (Wildman–Crippen LogP) is 5.61. The van der Waals surface area contributed by atoms with Gasteiger partial charge in [0, 0.05) is 11.3 Å². The maximum absolute atomic E-state index is 13.4. The number of unbranched alkanes of at least 4 members (excludes halogenated alkanes) is 2. The van der Waals surface area contributed by atoms with Gasteiger partial charge in [-0.3, -0.25) is 19.3 Å². The first-order chi connectivity index (χ1) is 19.4. The van der Waals surface area contributed by atoms with Crippen LogP contribution in [0.2, 0.25) is 0 Å². The second kappa shape index (κ2) is 13.0. The number of hydrogen-bond acceptors (Lipinski definition) is 7. The molecule has 0 bridgehead atoms. The van der Waals surface area contributed by atoms with Gasteiger partial charge in [0.15, 0.2) is 0 Å². The summed E-state index contributed by atoms with van der Waals surface area (Å²) in [6.07, 6.45) is 3.20. The number of aliphatic hydroxyl groups excluding tert-OH is 1. The largest absolute Gasteiger partial charge is 0.507 e. The van der Waals surface area contributed by atoms with Crippen LogP contribution >= 0.6 is 0 Å². The standard InChI is InChI=1S/C32H33NO7/c1-4-5-6-18-40-25-16-12-22(13-17-25)30(35)28-29(23-8-7-9-26(20-23)38-2)33(32(37)31(28)36)24-14-10-21(11-15-24)19-27(34)39-3/h7-17,20,29,35H,4-6,18-19H2,1-3H3/b30-28-. The highest BCUT2D eigenvalue weighted by Crippen LogP contribution is 2.43. The Balaban J connectivity index is 1.74. The molecule has 3 aromatic rings. The van der Waals surface area contributed by atoms with E-state index in [1.54, 1.807) is 72.8 Å². The minimum atomic E-state index is -0.911. The number of ether oxygens (including phenoxy) is 3. The number of carbonyl (C=O) groups excluding carboxylic acids is 3. The molecule has 8 nitrogen and oxygen atoms in total. The van der Waals surface area contributed by atoms with Crippen LogP contribution in [-0.4, -0.2) is 43.6 Å². The fourth-order valence-corrected chi connectivity index (χ4v) is 4.65. The summed E-state index contributed by atoms with van der Waals surface area (Å²) in [5, 5.41) is 11.4. The minimum absolute atomic E-state index is 0.0338. The smallest absolute Gasteiger partial charge is 0.309 e. The minimum Gasteiger partial charge on any atom is -0.507 e. The molecule has 1 heterocycles. The molecule has 1 aliphatic rings. The predicted molar refractivity (Wildman–Crippen MR) is 151 cm³/mol. The molecule has 1 fully saturated rings. The van der Waals surface area contributed by atoms with Gasteiger partial charge in [-0.15, -0.1) is 0 Å². The van der Waals surface area contributed by atoms with E-state index in [0.717, 1.165) is 19.3 Å². The lowest BCUT2D eigenvalue weighted by atomic mass is 9.95. The Morgan fingerprint density at radius 3 is 2.30 bits per heavy atom. The van der Waals surface area contributed by atoms with E-state index in [2.05, 4.69) is 6.92 Å². The van der Waals surface area contributed by atoms with Gasteiger partial charge in [-0.1, -0.05) is 44.0 Å². The highest BCUT2D eigenvalue weighted by Gasteiger charge is 2.47. The van der Waals surface area contributed by atoms with Crippen LogP contribution in [0.25, 0.3) is 5.76 Å². The van der Waals surface area contributed by atoms with E-state index in [9.17, 15) is 19.5 Å². The van der Waals surface area contributed by atoms with Crippen molar-refractivity contribution in [3.63, 3.8) is 0 Å². The van der Waals surface area contributed by atoms with Crippen molar-refractivity contribution in [3.8, 4) is 11.5 Å². The lowest BCUT2D eigenvalue weighted by molar-refractivity contribution is -0.139. The van der Waals surface area contributed by atoms with Crippen LogP contribution in [0.1, 0.15) is 48.9 Å². The van der Waals surface area contributed by atoms with E-state index in [1.165, 1.54) is 19.1 Å². The van der Waals surface area contributed by atoms with Crippen molar-refractivity contribution in [2.45, 2.75) is 38.6 Å². The van der Waals surface area contributed by atoms with E-state index < -0.39 is 17.7 Å². The van der Waals surface area contributed by atoms with Crippen molar-refractivity contribution in [1.82, 2.24) is 0 Å². The number of rotatable bonds is 11. The molecular formula is C32H33NO7. The van der Waals surface area contributed by atoms with Crippen LogP contribution in [0, 0.1) is 0 Å². The highest BCUT2D eigenvalue weighted by atomic mass is 16.5. The van der Waals surface area contributed by atoms with Gasteiger partial charge < -0.3 is 19.3 Å². The van der Waals surface area contributed by atoms with Gasteiger partial charge in [-0.25, -0.2) is 0 Å². The quantitative estimate of drug-likeness (QED) is 0.110. The summed E-state index contributed by atoms with van der Waals surface area (Å²) in [5.41, 5.74) is 2.09. The SMILES string of the molecule is CCCCCOc1ccc(/C(O)=C2/C(=O)C(=O)N(c3ccc(CC(=O)OC)cc3)C2c2cccc(OC)c2)cc1. The zero-order valence-electron chi connectivity index (χ0n) is 22.9. The summed E-state index contributed by atoms with van der Waals surface area (Å²) < 4.78 is 15.9. The van der Waals surface area contributed by atoms with Gasteiger partial charge in [-0.05, 0) is 66.1 Å². The zero-order chi connectivity index (χ0) is 28.6. The van der Waals surface area contributed by atoms with Gasteiger partial charge in [0.05, 0.1) is 38.9 Å². The first kappa shape index (κ1) is 28.4. The van der Waals surface area contributed by atoms with Crippen LogP contribution < -0.4 is 14.4 Å². The molecule has 1 saturated heterocycles. The number of esters is 1. The molecule has 4 rings (SSSR count). The first-order valence-corrected chi connectivity index (χ1v) is 13.2. The van der Waals surface area contributed by atoms with Gasteiger partial charge in [0.1, 0.15) is 17.3 Å². The summed E-state index contributed by atoms with van der Waals surface area (Å²) >= 11 is 0. The molecule has 0 spiro atoms. The second-order valence-corrected chi connectivity index (χ2v) is 9.45. The normalized spacial score (nSPS) is 16.2. The molecule has 1 aliphatic heterocycles. The van der Waals surface area contributed by atoms with Crippen molar-refractivity contribution in [3.05, 3.63) is 95.1 Å². The van der Waals surface area contributed by atoms with Crippen LogP contribution in [0.4, 0.5) is 5.69 Å². The van der Waals surface area contributed by atoms with E-state index in [4.69, 9.17) is 14.2 Å².